The molecule has 3 N–H and O–H groups in total. The second kappa shape index (κ2) is 31.8. The van der Waals surface area contributed by atoms with Crippen molar-refractivity contribution >= 4 is 41.2 Å². The molecule has 3 heterocycles. The maximum absolute atomic E-state index is 12.9. The van der Waals surface area contributed by atoms with E-state index < -0.39 is 29.4 Å². The van der Waals surface area contributed by atoms with Gasteiger partial charge in [-0.3, -0.25) is 14.4 Å². The van der Waals surface area contributed by atoms with E-state index in [0.29, 0.717) is 35.9 Å². The number of anilines is 2. The molecule has 0 saturated carbocycles. The molecule has 3 saturated heterocycles. The first-order valence-corrected chi connectivity index (χ1v) is 30.4. The number of carbonyl (C=O) groups is 3. The highest BCUT2D eigenvalue weighted by molar-refractivity contribution is 6.04. The van der Waals surface area contributed by atoms with Crippen LogP contribution in [0.1, 0.15) is 99.0 Å². The van der Waals surface area contributed by atoms with Gasteiger partial charge in [-0.2, -0.15) is 26.3 Å². The first kappa shape index (κ1) is 69.0. The largest absolute Gasteiger partial charge is 0.416 e. The number of hydrogen-bond acceptors (Lipinski definition) is 6. The smallest absolute Gasteiger partial charge is 0.381 e. The van der Waals surface area contributed by atoms with E-state index >= 15 is 0 Å². The van der Waals surface area contributed by atoms with E-state index in [0.717, 1.165) is 158 Å². The molecule has 0 radical (unpaired) electrons. The van der Waals surface area contributed by atoms with E-state index in [-0.39, 0.29) is 17.4 Å². The summed E-state index contributed by atoms with van der Waals surface area (Å²) in [4.78, 5) is 36.7. The summed E-state index contributed by atoms with van der Waals surface area (Å²) < 4.78 is 96.1. The van der Waals surface area contributed by atoms with Gasteiger partial charge in [0.05, 0.1) is 111 Å². The average Bonchev–Trinajstić information content (AvgIpc) is 1.92. The van der Waals surface area contributed by atoms with Crippen molar-refractivity contribution < 1.29 is 68.4 Å². The number of nitrogens with one attached hydrogen (secondary N) is 3. The van der Waals surface area contributed by atoms with Crippen molar-refractivity contribution in [2.45, 2.75) is 102 Å². The van der Waals surface area contributed by atoms with Crippen molar-refractivity contribution in [2.75, 3.05) is 92.6 Å². The Hall–Kier alpha value is -7.45. The van der Waals surface area contributed by atoms with Crippen LogP contribution >= 0.6 is 0 Å². The number of benzene rings is 6. The molecule has 3 amide bonds. The predicted octanol–water partition coefficient (Wildman–Crippen LogP) is 13.9. The predicted molar refractivity (Wildman–Crippen MR) is 339 cm³/mol. The Balaban J connectivity index is 0.000000191. The van der Waals surface area contributed by atoms with Crippen LogP contribution in [-0.4, -0.2) is 131 Å². The van der Waals surface area contributed by atoms with Crippen LogP contribution in [0, 0.1) is 6.92 Å². The van der Waals surface area contributed by atoms with Crippen molar-refractivity contribution in [1.29, 1.82) is 0 Å². The summed E-state index contributed by atoms with van der Waals surface area (Å²) in [6.45, 7) is 10.0. The van der Waals surface area contributed by atoms with E-state index in [2.05, 4.69) is 88.6 Å². The van der Waals surface area contributed by atoms with Gasteiger partial charge in [0, 0.05) is 90.9 Å². The van der Waals surface area contributed by atoms with Crippen LogP contribution in [-0.2, 0) is 62.3 Å². The minimum absolute atomic E-state index is 0.0245. The fraction of sp³-hybridized carbons (Fsp3) is 0.394. The van der Waals surface area contributed by atoms with E-state index in [1.807, 2.05) is 73.7 Å². The van der Waals surface area contributed by atoms with Gasteiger partial charge in [-0.25, -0.2) is 0 Å². The molecule has 3 fully saturated rings. The van der Waals surface area contributed by atoms with Gasteiger partial charge in [0.25, 0.3) is 5.91 Å². The zero-order valence-corrected chi connectivity index (χ0v) is 52.3. The Morgan fingerprint density at radius 3 is 1.39 bits per heavy atom. The zero-order valence-electron chi connectivity index (χ0n) is 52.3. The number of alkyl halides is 6. The Bertz CT molecular complexity index is 3310. The highest BCUT2D eigenvalue weighted by atomic mass is 19.4. The van der Waals surface area contributed by atoms with Crippen molar-refractivity contribution in [1.82, 2.24) is 5.32 Å². The minimum Gasteiger partial charge on any atom is -0.381 e. The van der Waals surface area contributed by atoms with Gasteiger partial charge in [0.1, 0.15) is 19.6 Å². The third kappa shape index (κ3) is 22.5. The molecular weight excluding hydrogens is 1150 g/mol. The van der Waals surface area contributed by atoms with Crippen molar-refractivity contribution in [3.8, 4) is 0 Å². The molecule has 18 heteroatoms. The summed E-state index contributed by atoms with van der Waals surface area (Å²) in [5.74, 6) is -1.04. The lowest BCUT2D eigenvalue weighted by molar-refractivity contribution is -0.929. The number of amides is 3. The van der Waals surface area contributed by atoms with Gasteiger partial charge in [0.2, 0.25) is 11.8 Å². The normalized spacial score (nSPS) is 15.8. The average molecular weight is 1230 g/mol. The number of quaternary nitrogens is 3. The maximum atomic E-state index is 12.9. The van der Waals surface area contributed by atoms with Gasteiger partial charge >= 0.3 is 12.4 Å². The first-order chi connectivity index (χ1) is 42.2. The second-order valence-corrected chi connectivity index (χ2v) is 25.0. The summed E-state index contributed by atoms with van der Waals surface area (Å²) in [6, 6.07) is 42.9. The van der Waals surface area contributed by atoms with Crippen molar-refractivity contribution in [3.63, 3.8) is 0 Å². The molecular formula is C71H87F6N6O6+3. The molecule has 476 valence electrons. The molecule has 0 unspecified atom stereocenters. The fourth-order valence-electron chi connectivity index (χ4n) is 11.6. The summed E-state index contributed by atoms with van der Waals surface area (Å²) in [6.07, 6.45) is 3.57. The monoisotopic (exact) mass is 1230 g/mol. The first-order valence-electron chi connectivity index (χ1n) is 30.4. The molecule has 0 spiro atoms. The Morgan fingerprint density at radius 2 is 0.888 bits per heavy atom. The molecule has 0 bridgehead atoms. The standard InChI is InChI=1S/C25H29F3N2O2.C24H30N2O2.C22H25F3N2O2/c1-30(2,23-12-14-32-15-13-23)18-21-8-6-20(7-9-21)17-29-24(31)11-10-19-4-3-5-22(16-19)25(26,27)28;1-19-5-4-6-20(17-19)9-12-24(27)25-22-10-7-21(8-11-22)18-26(2,3)23-13-15-28-16-14-23;1-27(2,20-9-11-29-12-10-20)15-16-5-3-8-19(13-16)26-21(28)17-6-4-7-18(14-17)22(23,24)25/h3-11,16,23H,12-15,17-18H2,1-2H3;4-12,17,23H,13-16,18H2,1-3H3;3-8,13-14,20H,9-12,15H2,1-2H3/p+3/b11-10+;12-9+;. The third-order valence-corrected chi connectivity index (χ3v) is 16.8. The maximum Gasteiger partial charge on any atom is 0.416 e. The molecule has 9 rings (SSSR count). The molecule has 6 aromatic carbocycles. The quantitative estimate of drug-likeness (QED) is 0.0449. The molecule has 0 aromatic heterocycles. The topological polar surface area (TPSA) is 115 Å². The number of aryl methyl sites for hydroxylation is 1. The van der Waals surface area contributed by atoms with Gasteiger partial charge in [-0.15, -0.1) is 0 Å². The summed E-state index contributed by atoms with van der Waals surface area (Å²) in [5, 5.41) is 8.41. The molecule has 6 aromatic rings. The second-order valence-electron chi connectivity index (χ2n) is 25.0. The van der Waals surface area contributed by atoms with Crippen LogP contribution in [0.15, 0.2) is 158 Å². The van der Waals surface area contributed by atoms with Crippen LogP contribution in [0.4, 0.5) is 37.7 Å². The van der Waals surface area contributed by atoms with Crippen LogP contribution in [0.25, 0.3) is 12.2 Å². The van der Waals surface area contributed by atoms with E-state index in [4.69, 9.17) is 14.2 Å². The fourth-order valence-corrected chi connectivity index (χ4v) is 11.6. The third-order valence-electron chi connectivity index (χ3n) is 16.8. The van der Waals surface area contributed by atoms with E-state index in [1.54, 1.807) is 12.1 Å². The number of halogens is 6. The van der Waals surface area contributed by atoms with Crippen LogP contribution in [0.3, 0.4) is 0 Å². The molecule has 0 atom stereocenters. The highest BCUT2D eigenvalue weighted by Gasteiger charge is 2.34. The summed E-state index contributed by atoms with van der Waals surface area (Å²) in [5.41, 5.74) is 6.86. The van der Waals surface area contributed by atoms with Gasteiger partial charge in [0.15, 0.2) is 0 Å². The number of nitrogens with zero attached hydrogens (tertiary/aromatic N) is 3. The molecule has 3 aliphatic heterocycles. The minimum atomic E-state index is -4.48. The Morgan fingerprint density at radius 1 is 0.461 bits per heavy atom. The summed E-state index contributed by atoms with van der Waals surface area (Å²) in [7, 11) is 13.5. The lowest BCUT2D eigenvalue weighted by atomic mass is 10.0. The lowest BCUT2D eigenvalue weighted by Crippen LogP contribution is -2.50. The lowest BCUT2D eigenvalue weighted by Gasteiger charge is -2.40. The number of rotatable bonds is 18. The summed E-state index contributed by atoms with van der Waals surface area (Å²) >= 11 is 0. The van der Waals surface area contributed by atoms with Crippen molar-refractivity contribution in [3.05, 3.63) is 213 Å². The number of ether oxygens (including phenoxy) is 3. The van der Waals surface area contributed by atoms with Crippen LogP contribution in [0.5, 0.6) is 0 Å². The van der Waals surface area contributed by atoms with E-state index in [1.165, 1.54) is 53.1 Å². The number of carbonyl (C=O) groups excluding carboxylic acids is 3. The van der Waals surface area contributed by atoms with E-state index in [9.17, 15) is 40.7 Å². The molecule has 89 heavy (non-hydrogen) atoms. The molecule has 12 nitrogen and oxygen atoms in total. The highest BCUT2D eigenvalue weighted by Crippen LogP contribution is 2.32. The number of hydrogen-bond donors (Lipinski definition) is 3. The van der Waals surface area contributed by atoms with Crippen molar-refractivity contribution in [2.24, 2.45) is 0 Å². The molecule has 0 aliphatic carbocycles. The zero-order chi connectivity index (χ0) is 64.2. The van der Waals surface area contributed by atoms with Gasteiger partial charge in [-0.1, -0.05) is 96.6 Å². The Kier molecular flexibility index (Phi) is 24.7. The SMILES string of the molecule is C[N+](C)(Cc1ccc(CNC(=O)/C=C/c2cccc(C(F)(F)F)c2)cc1)C1CCOCC1.C[N+](C)(Cc1cccc(NC(=O)c2cccc(C(F)(F)F)c2)c1)C1CCOCC1.Cc1cccc(/C=C/C(=O)Nc2ccc(C[N+](C)(C)C3CCOCC3)cc2)c1. The van der Waals surface area contributed by atoms with Crippen LogP contribution in [0.2, 0.25) is 0 Å². The molecule has 3 aliphatic rings. The van der Waals surface area contributed by atoms with Crippen LogP contribution < -0.4 is 16.0 Å². The van der Waals surface area contributed by atoms with Gasteiger partial charge < -0.3 is 43.6 Å². The van der Waals surface area contributed by atoms with Gasteiger partial charge in [-0.05, 0) is 90.4 Å². The Labute approximate surface area is 520 Å².